The van der Waals surface area contributed by atoms with E-state index >= 15 is 0 Å². The highest BCUT2D eigenvalue weighted by Crippen LogP contribution is 2.15. The van der Waals surface area contributed by atoms with E-state index in [9.17, 15) is 13.6 Å². The minimum atomic E-state index is -0.903. The molecule has 0 heterocycles. The number of primary amides is 1. The van der Waals surface area contributed by atoms with Crippen molar-refractivity contribution < 1.29 is 13.6 Å². The van der Waals surface area contributed by atoms with Crippen LogP contribution in [0.25, 0.3) is 0 Å². The Morgan fingerprint density at radius 3 is 2.67 bits per heavy atom. The minimum Gasteiger partial charge on any atom is -0.369 e. The molecule has 0 radical (unpaired) electrons. The van der Waals surface area contributed by atoms with E-state index in [2.05, 4.69) is 5.32 Å². The molecule has 1 unspecified atom stereocenters. The molecule has 15 heavy (non-hydrogen) atoms. The second-order valence-corrected chi connectivity index (χ2v) is 3.24. The fourth-order valence-corrected chi connectivity index (χ4v) is 1.15. The number of hydrogen-bond acceptors (Lipinski definition) is 2. The van der Waals surface area contributed by atoms with Gasteiger partial charge in [0.15, 0.2) is 11.6 Å². The van der Waals surface area contributed by atoms with Gasteiger partial charge in [-0.25, -0.2) is 8.78 Å². The zero-order chi connectivity index (χ0) is 11.4. The molecule has 1 atom stereocenters. The first-order chi connectivity index (χ1) is 7.00. The van der Waals surface area contributed by atoms with Crippen molar-refractivity contribution in [2.24, 2.45) is 5.73 Å². The zero-order valence-corrected chi connectivity index (χ0v) is 8.26. The van der Waals surface area contributed by atoms with Crippen molar-refractivity contribution in [3.63, 3.8) is 0 Å². The Kier molecular flexibility index (Phi) is 3.74. The highest BCUT2D eigenvalue weighted by Gasteiger charge is 2.09. The van der Waals surface area contributed by atoms with Gasteiger partial charge in [-0.15, -0.1) is 0 Å². The summed E-state index contributed by atoms with van der Waals surface area (Å²) in [5.74, 6) is -2.29. The Morgan fingerprint density at radius 1 is 1.47 bits per heavy atom. The van der Waals surface area contributed by atoms with Gasteiger partial charge in [-0.05, 0) is 24.6 Å². The highest BCUT2D eigenvalue weighted by atomic mass is 19.2. The normalized spacial score (nSPS) is 12.5. The van der Waals surface area contributed by atoms with Gasteiger partial charge >= 0.3 is 0 Å². The molecule has 0 aliphatic carbocycles. The molecule has 0 aromatic heterocycles. The summed E-state index contributed by atoms with van der Waals surface area (Å²) in [4.78, 5) is 10.5. The van der Waals surface area contributed by atoms with Gasteiger partial charge in [-0.2, -0.15) is 0 Å². The first-order valence-corrected chi connectivity index (χ1v) is 4.47. The van der Waals surface area contributed by atoms with E-state index in [0.29, 0.717) is 5.56 Å². The van der Waals surface area contributed by atoms with E-state index in [1.54, 1.807) is 6.92 Å². The number of carbonyl (C=O) groups is 1. The number of rotatable bonds is 4. The fraction of sp³-hybridized carbons (Fsp3) is 0.300. The first kappa shape index (κ1) is 11.6. The van der Waals surface area contributed by atoms with Crippen LogP contribution in [-0.2, 0) is 4.79 Å². The quantitative estimate of drug-likeness (QED) is 0.788. The summed E-state index contributed by atoms with van der Waals surface area (Å²) in [7, 11) is 0. The molecule has 0 bridgehead atoms. The number of nitrogens with one attached hydrogen (secondary N) is 1. The maximum atomic E-state index is 12.8. The summed E-state index contributed by atoms with van der Waals surface area (Å²) in [5, 5.41) is 2.78. The third kappa shape index (κ3) is 3.28. The molecule has 1 amide bonds. The number of halogens is 2. The summed E-state index contributed by atoms with van der Waals surface area (Å²) < 4.78 is 25.5. The number of amides is 1. The molecule has 0 spiro atoms. The van der Waals surface area contributed by atoms with Crippen LogP contribution in [0.5, 0.6) is 0 Å². The molecular weight excluding hydrogens is 202 g/mol. The third-order valence-electron chi connectivity index (χ3n) is 2.03. The lowest BCUT2D eigenvalue weighted by molar-refractivity contribution is -0.117. The van der Waals surface area contributed by atoms with Crippen LogP contribution in [0, 0.1) is 11.6 Å². The zero-order valence-electron chi connectivity index (χ0n) is 8.26. The summed E-state index contributed by atoms with van der Waals surface area (Å²) in [6, 6.07) is 3.34. The predicted octanol–water partition coefficient (Wildman–Crippen LogP) is 1.10. The molecule has 1 aromatic rings. The lowest BCUT2D eigenvalue weighted by Crippen LogP contribution is -2.30. The van der Waals surface area contributed by atoms with Crippen LogP contribution >= 0.6 is 0 Å². The van der Waals surface area contributed by atoms with E-state index in [0.717, 1.165) is 12.1 Å². The molecular formula is C10H12F2N2O. The molecule has 1 aromatic carbocycles. The fourth-order valence-electron chi connectivity index (χ4n) is 1.15. The standard InChI is InChI=1S/C10H12F2N2O/c1-6(14-5-10(13)15)7-2-3-8(11)9(12)4-7/h2-4,6,14H,5H2,1H3,(H2,13,15). The smallest absolute Gasteiger partial charge is 0.231 e. The van der Waals surface area contributed by atoms with E-state index < -0.39 is 17.5 Å². The van der Waals surface area contributed by atoms with Crippen molar-refractivity contribution in [3.8, 4) is 0 Å². The van der Waals surface area contributed by atoms with Gasteiger partial charge in [0.2, 0.25) is 5.91 Å². The second kappa shape index (κ2) is 4.84. The number of benzene rings is 1. The Morgan fingerprint density at radius 2 is 2.13 bits per heavy atom. The third-order valence-corrected chi connectivity index (χ3v) is 2.03. The van der Waals surface area contributed by atoms with Crippen molar-refractivity contribution in [2.45, 2.75) is 13.0 Å². The number of carbonyl (C=O) groups excluding carboxylic acids is 1. The van der Waals surface area contributed by atoms with Crippen molar-refractivity contribution >= 4 is 5.91 Å². The first-order valence-electron chi connectivity index (χ1n) is 4.47. The average molecular weight is 214 g/mol. The van der Waals surface area contributed by atoms with Gasteiger partial charge in [-0.1, -0.05) is 6.07 Å². The van der Waals surface area contributed by atoms with Crippen LogP contribution in [0.1, 0.15) is 18.5 Å². The van der Waals surface area contributed by atoms with Crippen molar-refractivity contribution in [1.29, 1.82) is 0 Å². The van der Waals surface area contributed by atoms with Crippen molar-refractivity contribution in [3.05, 3.63) is 35.4 Å². The average Bonchev–Trinajstić information content (AvgIpc) is 2.18. The monoisotopic (exact) mass is 214 g/mol. The van der Waals surface area contributed by atoms with Gasteiger partial charge in [0, 0.05) is 6.04 Å². The van der Waals surface area contributed by atoms with Gasteiger partial charge < -0.3 is 11.1 Å². The lowest BCUT2D eigenvalue weighted by Gasteiger charge is -2.12. The largest absolute Gasteiger partial charge is 0.369 e. The van der Waals surface area contributed by atoms with E-state index in [1.165, 1.54) is 6.07 Å². The summed E-state index contributed by atoms with van der Waals surface area (Å²) in [5.41, 5.74) is 5.50. The van der Waals surface area contributed by atoms with E-state index in [4.69, 9.17) is 5.73 Å². The van der Waals surface area contributed by atoms with Crippen LogP contribution in [0.4, 0.5) is 8.78 Å². The summed E-state index contributed by atoms with van der Waals surface area (Å²) in [6.07, 6.45) is 0. The highest BCUT2D eigenvalue weighted by molar-refractivity contribution is 5.75. The van der Waals surface area contributed by atoms with Crippen LogP contribution in [0.3, 0.4) is 0 Å². The molecule has 3 N–H and O–H groups in total. The maximum Gasteiger partial charge on any atom is 0.231 e. The molecule has 82 valence electrons. The van der Waals surface area contributed by atoms with Crippen molar-refractivity contribution in [1.82, 2.24) is 5.32 Å². The molecule has 0 aliphatic heterocycles. The molecule has 3 nitrogen and oxygen atoms in total. The van der Waals surface area contributed by atoms with Gasteiger partial charge in [-0.3, -0.25) is 4.79 Å². The number of hydrogen-bond donors (Lipinski definition) is 2. The van der Waals surface area contributed by atoms with Crippen molar-refractivity contribution in [2.75, 3.05) is 6.54 Å². The van der Waals surface area contributed by atoms with Crippen LogP contribution in [0.15, 0.2) is 18.2 Å². The van der Waals surface area contributed by atoms with Gasteiger partial charge in [0.1, 0.15) is 0 Å². The maximum absolute atomic E-state index is 12.8. The topological polar surface area (TPSA) is 55.1 Å². The van der Waals surface area contributed by atoms with Crippen LogP contribution in [-0.4, -0.2) is 12.5 Å². The van der Waals surface area contributed by atoms with Gasteiger partial charge in [0.25, 0.3) is 0 Å². The molecule has 0 saturated heterocycles. The van der Waals surface area contributed by atoms with E-state index in [1.807, 2.05) is 0 Å². The molecule has 5 heteroatoms. The van der Waals surface area contributed by atoms with Crippen LogP contribution < -0.4 is 11.1 Å². The summed E-state index contributed by atoms with van der Waals surface area (Å²) >= 11 is 0. The van der Waals surface area contributed by atoms with Crippen LogP contribution in [0.2, 0.25) is 0 Å². The van der Waals surface area contributed by atoms with Gasteiger partial charge in [0.05, 0.1) is 6.54 Å². The molecule has 0 saturated carbocycles. The summed E-state index contributed by atoms with van der Waals surface area (Å²) in [6.45, 7) is 1.73. The predicted molar refractivity (Wildman–Crippen MR) is 52.0 cm³/mol. The second-order valence-electron chi connectivity index (χ2n) is 3.24. The molecule has 0 aliphatic rings. The lowest BCUT2D eigenvalue weighted by atomic mass is 10.1. The molecule has 1 rings (SSSR count). The Bertz CT molecular complexity index is 368. The number of nitrogens with two attached hydrogens (primary N) is 1. The SMILES string of the molecule is CC(NCC(N)=O)c1ccc(F)c(F)c1. The van der Waals surface area contributed by atoms with E-state index in [-0.39, 0.29) is 12.6 Å². The Hall–Kier alpha value is -1.49. The Labute approximate surface area is 86.3 Å². The minimum absolute atomic E-state index is 0.000161. The molecule has 0 fully saturated rings. The Balaban J connectivity index is 2.69.